The number of nitrogens with one attached hydrogen (secondary N) is 2. The minimum atomic E-state index is -3.20. The van der Waals surface area contributed by atoms with E-state index in [1.807, 2.05) is 20.8 Å². The molecule has 1 aromatic rings. The Balaban J connectivity index is 2.14. The van der Waals surface area contributed by atoms with Gasteiger partial charge in [-0.1, -0.05) is 20.8 Å². The van der Waals surface area contributed by atoms with Crippen molar-refractivity contribution in [2.75, 3.05) is 4.72 Å². The van der Waals surface area contributed by atoms with Gasteiger partial charge in [0.2, 0.25) is 10.0 Å². The van der Waals surface area contributed by atoms with E-state index < -0.39 is 10.0 Å². The first-order valence-corrected chi connectivity index (χ1v) is 6.91. The second kappa shape index (κ2) is 3.48. The number of H-pyrrole nitrogens is 1. The lowest BCUT2D eigenvalue weighted by Crippen LogP contribution is -2.17. The van der Waals surface area contributed by atoms with E-state index in [0.717, 1.165) is 18.5 Å². The van der Waals surface area contributed by atoms with Crippen LogP contribution in [-0.2, 0) is 15.4 Å². The van der Waals surface area contributed by atoms with Crippen molar-refractivity contribution in [2.24, 2.45) is 0 Å². The fourth-order valence-corrected chi connectivity index (χ4v) is 2.69. The zero-order chi connectivity index (χ0) is 12.0. The predicted molar refractivity (Wildman–Crippen MR) is 62.9 cm³/mol. The molecule has 2 rings (SSSR count). The molecule has 6 heteroatoms. The number of rotatable bonds is 3. The molecule has 0 atom stereocenters. The first kappa shape index (κ1) is 11.4. The monoisotopic (exact) mass is 243 g/mol. The molecule has 0 unspecified atom stereocenters. The van der Waals surface area contributed by atoms with Gasteiger partial charge in [0.05, 0.1) is 5.25 Å². The number of nitrogens with zero attached hydrogens (tertiary/aromatic N) is 1. The minimum Gasteiger partial charge on any atom is -0.280 e. The van der Waals surface area contributed by atoms with Gasteiger partial charge in [-0.25, -0.2) is 8.42 Å². The molecule has 1 aliphatic carbocycles. The van der Waals surface area contributed by atoms with Crippen LogP contribution in [0.4, 0.5) is 5.82 Å². The summed E-state index contributed by atoms with van der Waals surface area (Å²) in [5.41, 5.74) is 0.858. The van der Waals surface area contributed by atoms with Gasteiger partial charge >= 0.3 is 0 Å². The number of anilines is 1. The fourth-order valence-electron chi connectivity index (χ4n) is 1.37. The van der Waals surface area contributed by atoms with Crippen LogP contribution in [0.2, 0.25) is 0 Å². The van der Waals surface area contributed by atoms with Gasteiger partial charge in [0.15, 0.2) is 5.82 Å². The fraction of sp³-hybridized carbons (Fsp3) is 0.700. The molecule has 16 heavy (non-hydrogen) atoms. The molecule has 0 aromatic carbocycles. The van der Waals surface area contributed by atoms with Gasteiger partial charge in [0.1, 0.15) is 0 Å². The Hall–Kier alpha value is -1.04. The molecule has 1 aromatic heterocycles. The third-order valence-corrected chi connectivity index (χ3v) is 4.44. The molecular weight excluding hydrogens is 226 g/mol. The second-order valence-electron chi connectivity index (χ2n) is 5.26. The van der Waals surface area contributed by atoms with Gasteiger partial charge in [-0.05, 0) is 12.8 Å². The normalized spacial score (nSPS) is 17.4. The van der Waals surface area contributed by atoms with Crippen LogP contribution in [0.3, 0.4) is 0 Å². The van der Waals surface area contributed by atoms with Crippen LogP contribution in [0, 0.1) is 0 Å². The van der Waals surface area contributed by atoms with Crippen molar-refractivity contribution >= 4 is 15.8 Å². The lowest BCUT2D eigenvalue weighted by atomic mass is 9.92. The van der Waals surface area contributed by atoms with E-state index in [4.69, 9.17) is 0 Å². The standard InChI is InChI=1S/C10H17N3O2S/c1-10(2,3)8-6-9(12-11-8)13-16(14,15)7-4-5-7/h6-7H,4-5H2,1-3H3,(H2,11,12,13). The summed E-state index contributed by atoms with van der Waals surface area (Å²) in [4.78, 5) is 0. The largest absolute Gasteiger partial charge is 0.280 e. The molecule has 0 radical (unpaired) electrons. The van der Waals surface area contributed by atoms with Crippen molar-refractivity contribution in [1.29, 1.82) is 0 Å². The van der Waals surface area contributed by atoms with E-state index in [0.29, 0.717) is 5.82 Å². The Bertz CT molecular complexity index is 480. The molecule has 1 fully saturated rings. The van der Waals surface area contributed by atoms with Crippen molar-refractivity contribution in [1.82, 2.24) is 10.2 Å². The number of aromatic nitrogens is 2. The SMILES string of the molecule is CC(C)(C)c1cc(NS(=O)(=O)C2CC2)n[nH]1. The third kappa shape index (κ3) is 2.37. The lowest BCUT2D eigenvalue weighted by Gasteiger charge is -2.14. The highest BCUT2D eigenvalue weighted by Gasteiger charge is 2.36. The van der Waals surface area contributed by atoms with Crippen LogP contribution >= 0.6 is 0 Å². The van der Waals surface area contributed by atoms with Crippen LogP contribution in [0.15, 0.2) is 6.07 Å². The predicted octanol–water partition coefficient (Wildman–Crippen LogP) is 1.61. The molecule has 2 N–H and O–H groups in total. The average molecular weight is 243 g/mol. The second-order valence-corrected chi connectivity index (χ2v) is 7.22. The highest BCUT2D eigenvalue weighted by Crippen LogP contribution is 2.30. The Morgan fingerprint density at radius 3 is 2.50 bits per heavy atom. The Morgan fingerprint density at radius 2 is 2.06 bits per heavy atom. The Kier molecular flexibility index (Phi) is 2.49. The van der Waals surface area contributed by atoms with Crippen LogP contribution in [-0.4, -0.2) is 23.9 Å². The molecule has 1 aliphatic rings. The van der Waals surface area contributed by atoms with Gasteiger partial charge in [0.25, 0.3) is 0 Å². The molecular formula is C10H17N3O2S. The van der Waals surface area contributed by atoms with Crippen LogP contribution in [0.1, 0.15) is 39.3 Å². The summed E-state index contributed by atoms with van der Waals surface area (Å²) in [6.45, 7) is 6.12. The van der Waals surface area contributed by atoms with Crippen molar-refractivity contribution in [2.45, 2.75) is 44.3 Å². The first-order chi connectivity index (χ1) is 7.29. The molecule has 5 nitrogen and oxygen atoms in total. The maximum Gasteiger partial charge on any atom is 0.236 e. The maximum absolute atomic E-state index is 11.7. The van der Waals surface area contributed by atoms with Crippen molar-refractivity contribution in [3.8, 4) is 0 Å². The highest BCUT2D eigenvalue weighted by atomic mass is 32.2. The van der Waals surface area contributed by atoms with E-state index in [1.54, 1.807) is 6.07 Å². The summed E-state index contributed by atoms with van der Waals surface area (Å²) < 4.78 is 25.8. The minimum absolute atomic E-state index is 0.0593. The molecule has 0 bridgehead atoms. The molecule has 90 valence electrons. The molecule has 0 spiro atoms. The molecule has 1 heterocycles. The van der Waals surface area contributed by atoms with Crippen molar-refractivity contribution in [3.05, 3.63) is 11.8 Å². The summed E-state index contributed by atoms with van der Waals surface area (Å²) in [7, 11) is -3.20. The van der Waals surface area contributed by atoms with Crippen LogP contribution in [0.25, 0.3) is 0 Å². The maximum atomic E-state index is 11.7. The molecule has 0 saturated heterocycles. The van der Waals surface area contributed by atoms with Gasteiger partial charge in [-0.15, -0.1) is 0 Å². The topological polar surface area (TPSA) is 74.8 Å². The summed E-state index contributed by atoms with van der Waals surface area (Å²) in [6, 6.07) is 1.75. The van der Waals surface area contributed by atoms with E-state index >= 15 is 0 Å². The molecule has 1 saturated carbocycles. The summed E-state index contributed by atoms with van der Waals surface area (Å²) in [6.07, 6.45) is 1.51. The average Bonchev–Trinajstić information content (AvgIpc) is 2.87. The van der Waals surface area contributed by atoms with Gasteiger partial charge < -0.3 is 0 Å². The number of hydrogen-bond donors (Lipinski definition) is 2. The van der Waals surface area contributed by atoms with Crippen LogP contribution < -0.4 is 4.72 Å². The first-order valence-electron chi connectivity index (χ1n) is 5.36. The third-order valence-electron chi connectivity index (χ3n) is 2.60. The number of aromatic amines is 1. The number of sulfonamides is 1. The number of hydrogen-bond acceptors (Lipinski definition) is 3. The van der Waals surface area contributed by atoms with E-state index in [2.05, 4.69) is 14.9 Å². The summed E-state index contributed by atoms with van der Waals surface area (Å²) in [5.74, 6) is 0.386. The lowest BCUT2D eigenvalue weighted by molar-refractivity contribution is 0.567. The van der Waals surface area contributed by atoms with Gasteiger partial charge in [-0.2, -0.15) is 5.10 Å². The summed E-state index contributed by atoms with van der Waals surface area (Å²) >= 11 is 0. The van der Waals surface area contributed by atoms with E-state index in [9.17, 15) is 8.42 Å². The van der Waals surface area contributed by atoms with Crippen LogP contribution in [0.5, 0.6) is 0 Å². The highest BCUT2D eigenvalue weighted by molar-refractivity contribution is 7.93. The zero-order valence-electron chi connectivity index (χ0n) is 9.74. The molecule has 0 amide bonds. The summed E-state index contributed by atoms with van der Waals surface area (Å²) in [5, 5.41) is 6.59. The van der Waals surface area contributed by atoms with Gasteiger partial charge in [-0.3, -0.25) is 9.82 Å². The molecule has 0 aliphatic heterocycles. The van der Waals surface area contributed by atoms with E-state index in [1.165, 1.54) is 0 Å². The quantitative estimate of drug-likeness (QED) is 0.847. The van der Waals surface area contributed by atoms with Crippen molar-refractivity contribution < 1.29 is 8.42 Å². The Labute approximate surface area is 95.7 Å². The van der Waals surface area contributed by atoms with Gasteiger partial charge in [0, 0.05) is 17.2 Å². The Morgan fingerprint density at radius 1 is 1.44 bits per heavy atom. The van der Waals surface area contributed by atoms with E-state index in [-0.39, 0.29) is 10.7 Å². The zero-order valence-corrected chi connectivity index (χ0v) is 10.6. The van der Waals surface area contributed by atoms with Crippen molar-refractivity contribution in [3.63, 3.8) is 0 Å². The smallest absolute Gasteiger partial charge is 0.236 e.